The zero-order valence-corrected chi connectivity index (χ0v) is 15.8. The minimum Gasteiger partial charge on any atom is -0.299 e. The van der Waals surface area contributed by atoms with Crippen molar-refractivity contribution in [3.63, 3.8) is 0 Å². The predicted molar refractivity (Wildman–Crippen MR) is 111 cm³/mol. The highest BCUT2D eigenvalue weighted by molar-refractivity contribution is 5.67. The molecule has 2 heterocycles. The molecule has 3 aromatic rings. The van der Waals surface area contributed by atoms with E-state index in [1.165, 1.54) is 22.3 Å². The van der Waals surface area contributed by atoms with Gasteiger partial charge in [0.1, 0.15) is 0 Å². The lowest BCUT2D eigenvalue weighted by atomic mass is 9.98. The summed E-state index contributed by atoms with van der Waals surface area (Å²) < 4.78 is 0. The molecule has 0 unspecified atom stereocenters. The van der Waals surface area contributed by atoms with E-state index in [0.717, 1.165) is 43.7 Å². The first-order chi connectivity index (χ1) is 13.3. The molecule has 0 saturated carbocycles. The van der Waals surface area contributed by atoms with Crippen LogP contribution in [0.15, 0.2) is 73.2 Å². The van der Waals surface area contributed by atoms with Crippen LogP contribution in [0, 0.1) is 6.92 Å². The topological polar surface area (TPSA) is 29.0 Å². The van der Waals surface area contributed by atoms with E-state index in [-0.39, 0.29) is 0 Å². The van der Waals surface area contributed by atoms with Crippen LogP contribution in [0.1, 0.15) is 23.1 Å². The van der Waals surface area contributed by atoms with Crippen LogP contribution in [0.2, 0.25) is 0 Å². The molecule has 4 rings (SSSR count). The van der Waals surface area contributed by atoms with Gasteiger partial charge in [-0.1, -0.05) is 54.1 Å². The first-order valence-corrected chi connectivity index (χ1v) is 9.62. The summed E-state index contributed by atoms with van der Waals surface area (Å²) in [6, 6.07) is 17.5. The molecule has 2 aromatic carbocycles. The van der Waals surface area contributed by atoms with E-state index >= 15 is 0 Å². The molecule has 0 aliphatic carbocycles. The first-order valence-electron chi connectivity index (χ1n) is 9.62. The number of hydrogen-bond donors (Lipinski definition) is 0. The molecule has 0 N–H and O–H groups in total. The fraction of sp³-hybridized carbons (Fsp3) is 0.250. The van der Waals surface area contributed by atoms with Crippen LogP contribution in [0.5, 0.6) is 0 Å². The van der Waals surface area contributed by atoms with Crippen LogP contribution in [-0.4, -0.2) is 34.5 Å². The summed E-state index contributed by atoms with van der Waals surface area (Å²) in [5.74, 6) is 0. The second-order valence-electron chi connectivity index (χ2n) is 7.19. The van der Waals surface area contributed by atoms with E-state index in [4.69, 9.17) is 0 Å². The van der Waals surface area contributed by atoms with E-state index in [1.807, 2.05) is 6.20 Å². The number of aromatic nitrogens is 2. The van der Waals surface area contributed by atoms with Crippen molar-refractivity contribution in [1.29, 1.82) is 0 Å². The third-order valence-electron chi connectivity index (χ3n) is 5.18. The van der Waals surface area contributed by atoms with Crippen LogP contribution >= 0.6 is 0 Å². The maximum atomic E-state index is 4.40. The van der Waals surface area contributed by atoms with Crippen molar-refractivity contribution >= 4 is 5.57 Å². The number of rotatable bonds is 5. The monoisotopic (exact) mass is 355 g/mol. The van der Waals surface area contributed by atoms with Crippen LogP contribution in [0.4, 0.5) is 0 Å². The van der Waals surface area contributed by atoms with Gasteiger partial charge in [0.25, 0.3) is 0 Å². The zero-order valence-electron chi connectivity index (χ0n) is 15.8. The molecule has 0 amide bonds. The van der Waals surface area contributed by atoms with E-state index < -0.39 is 0 Å². The van der Waals surface area contributed by atoms with Gasteiger partial charge in [0, 0.05) is 37.6 Å². The van der Waals surface area contributed by atoms with Gasteiger partial charge in [0.2, 0.25) is 0 Å². The Morgan fingerprint density at radius 3 is 2.67 bits per heavy atom. The smallest absolute Gasteiger partial charge is 0.0885 e. The lowest BCUT2D eigenvalue weighted by molar-refractivity contribution is 0.306. The van der Waals surface area contributed by atoms with Gasteiger partial charge < -0.3 is 0 Å². The molecule has 1 aliphatic heterocycles. The summed E-state index contributed by atoms with van der Waals surface area (Å²) in [4.78, 5) is 11.1. The molecular weight excluding hydrogens is 330 g/mol. The van der Waals surface area contributed by atoms with Gasteiger partial charge in [-0.05, 0) is 42.5 Å². The van der Waals surface area contributed by atoms with E-state index in [1.54, 1.807) is 12.4 Å². The minimum absolute atomic E-state index is 0.933. The van der Waals surface area contributed by atoms with Crippen LogP contribution < -0.4 is 0 Å². The SMILES string of the molecule is Cc1cccc(C2=CCN(CCc3cccc(-c4cnccn4)c3)CC2)c1. The fourth-order valence-corrected chi connectivity index (χ4v) is 3.64. The second-order valence-corrected chi connectivity index (χ2v) is 7.19. The van der Waals surface area contributed by atoms with Gasteiger partial charge in [-0.2, -0.15) is 0 Å². The van der Waals surface area contributed by atoms with E-state index in [9.17, 15) is 0 Å². The fourth-order valence-electron chi connectivity index (χ4n) is 3.64. The molecule has 0 atom stereocenters. The Morgan fingerprint density at radius 1 is 1.00 bits per heavy atom. The third kappa shape index (κ3) is 4.50. The van der Waals surface area contributed by atoms with Gasteiger partial charge >= 0.3 is 0 Å². The number of aryl methyl sites for hydroxylation is 1. The Bertz CT molecular complexity index is 931. The van der Waals surface area contributed by atoms with Crippen LogP contribution in [0.25, 0.3) is 16.8 Å². The molecule has 1 aliphatic rings. The van der Waals surface area contributed by atoms with E-state index in [2.05, 4.69) is 76.4 Å². The Morgan fingerprint density at radius 2 is 1.89 bits per heavy atom. The maximum absolute atomic E-state index is 4.40. The standard InChI is InChI=1S/C24H25N3/c1-19-4-2-6-22(16-19)21-9-14-27(15-10-21)13-8-20-5-3-7-23(17-20)24-18-25-11-12-26-24/h2-7,9,11-12,16-18H,8,10,13-15H2,1H3. The quantitative estimate of drug-likeness (QED) is 0.659. The highest BCUT2D eigenvalue weighted by Gasteiger charge is 2.13. The molecule has 0 fully saturated rings. The molecule has 27 heavy (non-hydrogen) atoms. The first kappa shape index (κ1) is 17.6. The Hall–Kier alpha value is -2.78. The van der Waals surface area contributed by atoms with Gasteiger partial charge in [-0.25, -0.2) is 0 Å². The van der Waals surface area contributed by atoms with Crippen molar-refractivity contribution in [2.45, 2.75) is 19.8 Å². The number of hydrogen-bond acceptors (Lipinski definition) is 3. The highest BCUT2D eigenvalue weighted by atomic mass is 15.1. The summed E-state index contributed by atoms with van der Waals surface area (Å²) in [7, 11) is 0. The summed E-state index contributed by atoms with van der Waals surface area (Å²) in [6.07, 6.45) is 9.86. The molecule has 1 aromatic heterocycles. The third-order valence-corrected chi connectivity index (χ3v) is 5.18. The molecule has 0 bridgehead atoms. The Labute approximate surface area is 161 Å². The van der Waals surface area contributed by atoms with Gasteiger partial charge in [0.15, 0.2) is 0 Å². The van der Waals surface area contributed by atoms with Crippen molar-refractivity contribution in [2.75, 3.05) is 19.6 Å². The molecule has 136 valence electrons. The second kappa shape index (κ2) is 8.28. The zero-order chi connectivity index (χ0) is 18.5. The summed E-state index contributed by atoms with van der Waals surface area (Å²) in [6.45, 7) is 5.41. The van der Waals surface area contributed by atoms with Crippen molar-refractivity contribution in [1.82, 2.24) is 14.9 Å². The average Bonchev–Trinajstić information content (AvgIpc) is 2.73. The predicted octanol–water partition coefficient (Wildman–Crippen LogP) is 4.78. The van der Waals surface area contributed by atoms with Gasteiger partial charge in [-0.3, -0.25) is 14.9 Å². The molecule has 3 nitrogen and oxygen atoms in total. The lowest BCUT2D eigenvalue weighted by Gasteiger charge is -2.26. The summed E-state index contributed by atoms with van der Waals surface area (Å²) in [5, 5.41) is 0. The molecule has 0 spiro atoms. The average molecular weight is 355 g/mol. The van der Waals surface area contributed by atoms with Crippen LogP contribution in [-0.2, 0) is 6.42 Å². The van der Waals surface area contributed by atoms with E-state index in [0.29, 0.717) is 0 Å². The summed E-state index contributed by atoms with van der Waals surface area (Å²) >= 11 is 0. The van der Waals surface area contributed by atoms with Gasteiger partial charge in [0.05, 0.1) is 11.9 Å². The highest BCUT2D eigenvalue weighted by Crippen LogP contribution is 2.23. The molecule has 3 heteroatoms. The Balaban J connectivity index is 1.36. The Kier molecular flexibility index (Phi) is 5.40. The largest absolute Gasteiger partial charge is 0.299 e. The van der Waals surface area contributed by atoms with Crippen molar-refractivity contribution in [3.05, 3.63) is 89.9 Å². The van der Waals surface area contributed by atoms with Crippen molar-refractivity contribution < 1.29 is 0 Å². The lowest BCUT2D eigenvalue weighted by Crippen LogP contribution is -2.30. The normalized spacial score (nSPS) is 14.8. The van der Waals surface area contributed by atoms with Crippen LogP contribution in [0.3, 0.4) is 0 Å². The van der Waals surface area contributed by atoms with Crippen molar-refractivity contribution in [2.24, 2.45) is 0 Å². The molecular formula is C24H25N3. The molecule has 0 saturated heterocycles. The number of nitrogens with zero attached hydrogens (tertiary/aromatic N) is 3. The molecule has 0 radical (unpaired) electrons. The van der Waals surface area contributed by atoms with Gasteiger partial charge in [-0.15, -0.1) is 0 Å². The maximum Gasteiger partial charge on any atom is 0.0885 e. The summed E-state index contributed by atoms with van der Waals surface area (Å²) in [5.41, 5.74) is 7.63. The minimum atomic E-state index is 0.933. The van der Waals surface area contributed by atoms with Crippen molar-refractivity contribution in [3.8, 4) is 11.3 Å². The number of benzene rings is 2.